The van der Waals surface area contributed by atoms with Crippen molar-refractivity contribution in [1.29, 1.82) is 5.26 Å². The molecule has 0 radical (unpaired) electrons. The standard InChI is InChI=1S/C27H25ClF3N3O3/c1-16-11-19(17(2)34(16)23-14-21(27(29,30)31)6-7-22(23)28)13-20(15-32)26(35)33-10-9-18-5-8-24(36-3)25(12-18)37-4/h5-8,11-14H,9-10H2,1-4H3,(H,33,35). The fourth-order valence-electron chi connectivity index (χ4n) is 3.92. The van der Waals surface area contributed by atoms with Gasteiger partial charge in [-0.05, 0) is 73.9 Å². The van der Waals surface area contributed by atoms with Gasteiger partial charge in [0, 0.05) is 17.9 Å². The van der Waals surface area contributed by atoms with Crippen molar-refractivity contribution in [3.8, 4) is 23.3 Å². The smallest absolute Gasteiger partial charge is 0.416 e. The van der Waals surface area contributed by atoms with Crippen molar-refractivity contribution in [2.75, 3.05) is 20.8 Å². The lowest BCUT2D eigenvalue weighted by Gasteiger charge is -2.15. The van der Waals surface area contributed by atoms with Gasteiger partial charge in [0.05, 0.1) is 30.5 Å². The third-order valence-electron chi connectivity index (χ3n) is 5.80. The molecule has 2 aromatic carbocycles. The monoisotopic (exact) mass is 531 g/mol. The van der Waals surface area contributed by atoms with Gasteiger partial charge in [-0.25, -0.2) is 0 Å². The highest BCUT2D eigenvalue weighted by atomic mass is 35.5. The Morgan fingerprint density at radius 2 is 1.81 bits per heavy atom. The van der Waals surface area contributed by atoms with E-state index in [0.29, 0.717) is 34.9 Å². The van der Waals surface area contributed by atoms with E-state index in [1.165, 1.54) is 19.3 Å². The van der Waals surface area contributed by atoms with Crippen molar-refractivity contribution >= 4 is 23.6 Å². The Labute approximate surface area is 217 Å². The summed E-state index contributed by atoms with van der Waals surface area (Å²) in [5.74, 6) is 0.596. The zero-order chi connectivity index (χ0) is 27.3. The van der Waals surface area contributed by atoms with Gasteiger partial charge in [-0.15, -0.1) is 0 Å². The topological polar surface area (TPSA) is 76.3 Å². The minimum atomic E-state index is -4.53. The number of aromatic nitrogens is 1. The van der Waals surface area contributed by atoms with E-state index >= 15 is 0 Å². The second-order valence-corrected chi connectivity index (χ2v) is 8.60. The van der Waals surface area contributed by atoms with Gasteiger partial charge in [-0.3, -0.25) is 4.79 Å². The number of nitrogens with one attached hydrogen (secondary N) is 1. The van der Waals surface area contributed by atoms with Crippen LogP contribution in [0, 0.1) is 25.2 Å². The molecule has 1 N–H and O–H groups in total. The maximum absolute atomic E-state index is 13.3. The molecule has 0 aliphatic heterocycles. The molecule has 37 heavy (non-hydrogen) atoms. The molecule has 3 rings (SSSR count). The van der Waals surface area contributed by atoms with Gasteiger partial charge in [0.15, 0.2) is 11.5 Å². The zero-order valence-corrected chi connectivity index (χ0v) is 21.4. The lowest BCUT2D eigenvalue weighted by Crippen LogP contribution is -2.26. The predicted octanol–water partition coefficient (Wildman–Crippen LogP) is 6.05. The van der Waals surface area contributed by atoms with Crippen LogP contribution in [0.15, 0.2) is 48.0 Å². The highest BCUT2D eigenvalue weighted by molar-refractivity contribution is 6.32. The van der Waals surface area contributed by atoms with Gasteiger partial charge in [-0.1, -0.05) is 17.7 Å². The van der Waals surface area contributed by atoms with Gasteiger partial charge >= 0.3 is 6.18 Å². The summed E-state index contributed by atoms with van der Waals surface area (Å²) in [7, 11) is 3.07. The summed E-state index contributed by atoms with van der Waals surface area (Å²) in [6, 6.07) is 12.1. The van der Waals surface area contributed by atoms with Gasteiger partial charge in [0.25, 0.3) is 5.91 Å². The molecular formula is C27H25ClF3N3O3. The lowest BCUT2D eigenvalue weighted by molar-refractivity contribution is -0.137. The van der Waals surface area contributed by atoms with Crippen molar-refractivity contribution in [3.05, 3.63) is 81.1 Å². The van der Waals surface area contributed by atoms with Crippen LogP contribution < -0.4 is 14.8 Å². The summed E-state index contributed by atoms with van der Waals surface area (Å²) in [5, 5.41) is 12.4. The molecule has 0 saturated heterocycles. The minimum Gasteiger partial charge on any atom is -0.493 e. The molecule has 194 valence electrons. The third kappa shape index (κ3) is 6.27. The van der Waals surface area contributed by atoms with E-state index in [-0.39, 0.29) is 22.8 Å². The van der Waals surface area contributed by atoms with Crippen LogP contribution >= 0.6 is 11.6 Å². The molecule has 6 nitrogen and oxygen atoms in total. The Hall–Kier alpha value is -3.90. The number of rotatable bonds is 8. The largest absolute Gasteiger partial charge is 0.493 e. The van der Waals surface area contributed by atoms with E-state index in [0.717, 1.165) is 17.7 Å². The summed E-state index contributed by atoms with van der Waals surface area (Å²) in [6.07, 6.45) is -2.63. The molecule has 0 aliphatic rings. The average Bonchev–Trinajstić information content (AvgIpc) is 3.14. The van der Waals surface area contributed by atoms with Crippen LogP contribution in [-0.2, 0) is 17.4 Å². The van der Waals surface area contributed by atoms with Gasteiger partial charge in [-0.2, -0.15) is 18.4 Å². The van der Waals surface area contributed by atoms with Crippen molar-refractivity contribution in [3.63, 3.8) is 0 Å². The molecule has 0 unspecified atom stereocenters. The van der Waals surface area contributed by atoms with Crippen molar-refractivity contribution in [2.45, 2.75) is 26.4 Å². The molecule has 10 heteroatoms. The molecule has 3 aromatic rings. The van der Waals surface area contributed by atoms with Crippen molar-refractivity contribution in [2.24, 2.45) is 0 Å². The fraction of sp³-hybridized carbons (Fsp3) is 0.259. The van der Waals surface area contributed by atoms with E-state index < -0.39 is 17.6 Å². The maximum atomic E-state index is 13.3. The Morgan fingerprint density at radius 3 is 2.43 bits per heavy atom. The van der Waals surface area contributed by atoms with Crippen LogP contribution in [0.1, 0.15) is 28.1 Å². The summed E-state index contributed by atoms with van der Waals surface area (Å²) in [5.41, 5.74) is 1.73. The third-order valence-corrected chi connectivity index (χ3v) is 6.12. The van der Waals surface area contributed by atoms with Crippen LogP contribution in [0.25, 0.3) is 11.8 Å². The molecule has 1 heterocycles. The number of alkyl halides is 3. The van der Waals surface area contributed by atoms with Gasteiger partial charge in [0.1, 0.15) is 11.6 Å². The molecule has 0 saturated carbocycles. The molecule has 0 fully saturated rings. The maximum Gasteiger partial charge on any atom is 0.416 e. The Kier molecular flexibility index (Phi) is 8.56. The second-order valence-electron chi connectivity index (χ2n) is 8.19. The van der Waals surface area contributed by atoms with E-state index in [2.05, 4.69) is 5.32 Å². The number of hydrogen-bond acceptors (Lipinski definition) is 4. The molecule has 0 aliphatic carbocycles. The first-order valence-electron chi connectivity index (χ1n) is 11.2. The number of nitrogens with zero attached hydrogens (tertiary/aromatic N) is 2. The molecular weight excluding hydrogens is 507 g/mol. The highest BCUT2D eigenvalue weighted by Gasteiger charge is 2.31. The first-order chi connectivity index (χ1) is 17.5. The number of nitriles is 1. The van der Waals surface area contributed by atoms with Crippen LogP contribution in [0.4, 0.5) is 13.2 Å². The number of carbonyl (C=O) groups excluding carboxylic acids is 1. The SMILES string of the molecule is COc1ccc(CCNC(=O)C(C#N)=Cc2cc(C)n(-c3cc(C(F)(F)F)ccc3Cl)c2C)cc1OC. The van der Waals surface area contributed by atoms with Crippen LogP contribution in [0.3, 0.4) is 0 Å². The molecule has 0 spiro atoms. The number of aryl methyl sites for hydroxylation is 1. The minimum absolute atomic E-state index is 0.136. The number of amides is 1. The number of ether oxygens (including phenoxy) is 2. The van der Waals surface area contributed by atoms with E-state index in [4.69, 9.17) is 21.1 Å². The molecule has 1 aromatic heterocycles. The number of methoxy groups -OCH3 is 2. The Morgan fingerprint density at radius 1 is 1.11 bits per heavy atom. The van der Waals surface area contributed by atoms with Crippen LogP contribution in [0.2, 0.25) is 5.02 Å². The Balaban J connectivity index is 1.81. The van der Waals surface area contributed by atoms with E-state index in [1.807, 2.05) is 12.1 Å². The van der Waals surface area contributed by atoms with Gasteiger partial charge < -0.3 is 19.4 Å². The normalized spacial score (nSPS) is 11.7. The highest BCUT2D eigenvalue weighted by Crippen LogP contribution is 2.35. The summed E-state index contributed by atoms with van der Waals surface area (Å²) in [4.78, 5) is 12.7. The van der Waals surface area contributed by atoms with Gasteiger partial charge in [0.2, 0.25) is 0 Å². The molecule has 1 amide bonds. The van der Waals surface area contributed by atoms with Crippen LogP contribution in [0.5, 0.6) is 11.5 Å². The summed E-state index contributed by atoms with van der Waals surface area (Å²) < 4.78 is 51.8. The number of halogens is 4. The van der Waals surface area contributed by atoms with Crippen molar-refractivity contribution in [1.82, 2.24) is 9.88 Å². The fourth-order valence-corrected chi connectivity index (χ4v) is 4.12. The quantitative estimate of drug-likeness (QED) is 0.283. The summed E-state index contributed by atoms with van der Waals surface area (Å²) in [6.45, 7) is 3.65. The zero-order valence-electron chi connectivity index (χ0n) is 20.7. The lowest BCUT2D eigenvalue weighted by atomic mass is 10.1. The predicted molar refractivity (Wildman–Crippen MR) is 135 cm³/mol. The first kappa shape index (κ1) is 27.7. The number of carbonyl (C=O) groups is 1. The Bertz CT molecular complexity index is 1390. The first-order valence-corrected chi connectivity index (χ1v) is 11.5. The molecule has 0 atom stereocenters. The second kappa shape index (κ2) is 11.4. The number of hydrogen-bond donors (Lipinski definition) is 1. The number of benzene rings is 2. The summed E-state index contributed by atoms with van der Waals surface area (Å²) >= 11 is 6.23. The van der Waals surface area contributed by atoms with Crippen molar-refractivity contribution < 1.29 is 27.4 Å². The average molecular weight is 532 g/mol. The molecule has 0 bridgehead atoms. The van der Waals surface area contributed by atoms with E-state index in [1.54, 1.807) is 43.7 Å². The van der Waals surface area contributed by atoms with E-state index in [9.17, 15) is 23.2 Å². The van der Waals surface area contributed by atoms with Crippen LogP contribution in [-0.4, -0.2) is 31.2 Å².